The van der Waals surface area contributed by atoms with Crippen LogP contribution < -0.4 is 10.9 Å². The van der Waals surface area contributed by atoms with Gasteiger partial charge in [-0.05, 0) is 35.4 Å². The van der Waals surface area contributed by atoms with Gasteiger partial charge >= 0.3 is 6.18 Å². The second-order valence-electron chi connectivity index (χ2n) is 7.24. The average molecular weight is 447 g/mol. The summed E-state index contributed by atoms with van der Waals surface area (Å²) in [6.07, 6.45) is 0.0160. The van der Waals surface area contributed by atoms with Crippen molar-refractivity contribution in [1.82, 2.24) is 19.3 Å². The van der Waals surface area contributed by atoms with Crippen LogP contribution in [0.5, 0.6) is 0 Å². The molecule has 0 fully saturated rings. The van der Waals surface area contributed by atoms with Gasteiger partial charge in [-0.25, -0.2) is 4.98 Å². The number of imidazole rings is 1. The Balaban J connectivity index is 0.00000231. The normalized spacial score (nSPS) is 13.6. The van der Waals surface area contributed by atoms with Crippen LogP contribution >= 0.6 is 12.4 Å². The van der Waals surface area contributed by atoms with Crippen molar-refractivity contribution in [2.75, 3.05) is 6.54 Å². The Hall–Kier alpha value is -3.10. The molecule has 5 rings (SSSR count). The lowest BCUT2D eigenvalue weighted by Gasteiger charge is -2.12. The van der Waals surface area contributed by atoms with Crippen molar-refractivity contribution in [3.8, 4) is 16.8 Å². The summed E-state index contributed by atoms with van der Waals surface area (Å²) in [5.74, 6) is 0. The van der Waals surface area contributed by atoms with Gasteiger partial charge in [-0.15, -0.1) is 12.4 Å². The number of rotatable bonds is 2. The number of pyridine rings is 2. The summed E-state index contributed by atoms with van der Waals surface area (Å²) in [7, 11) is 0. The van der Waals surface area contributed by atoms with E-state index in [0.717, 1.165) is 48.7 Å². The van der Waals surface area contributed by atoms with E-state index in [2.05, 4.69) is 10.3 Å². The van der Waals surface area contributed by atoms with E-state index in [9.17, 15) is 18.0 Å². The maximum Gasteiger partial charge on any atom is 0.416 e. The Bertz CT molecular complexity index is 1310. The van der Waals surface area contributed by atoms with E-state index >= 15 is 0 Å². The van der Waals surface area contributed by atoms with E-state index in [1.165, 1.54) is 22.8 Å². The maximum absolute atomic E-state index is 12.7. The number of nitrogens with one attached hydrogen (secondary N) is 1. The lowest BCUT2D eigenvalue weighted by atomic mass is 10.0. The van der Waals surface area contributed by atoms with Crippen molar-refractivity contribution in [2.45, 2.75) is 19.1 Å². The van der Waals surface area contributed by atoms with Crippen molar-refractivity contribution in [3.05, 3.63) is 88.2 Å². The molecule has 0 amide bonds. The Kier molecular flexibility index (Phi) is 5.36. The van der Waals surface area contributed by atoms with Crippen LogP contribution in [-0.4, -0.2) is 20.5 Å². The molecule has 1 aliphatic heterocycles. The first-order valence-electron chi connectivity index (χ1n) is 9.51. The summed E-state index contributed by atoms with van der Waals surface area (Å²) in [5.41, 5.74) is 3.79. The molecule has 0 radical (unpaired) electrons. The van der Waals surface area contributed by atoms with Gasteiger partial charge in [0.15, 0.2) is 0 Å². The largest absolute Gasteiger partial charge is 0.416 e. The molecule has 1 N–H and O–H groups in total. The zero-order chi connectivity index (χ0) is 20.9. The van der Waals surface area contributed by atoms with Gasteiger partial charge in [-0.1, -0.05) is 12.1 Å². The summed E-state index contributed by atoms with van der Waals surface area (Å²) >= 11 is 0. The summed E-state index contributed by atoms with van der Waals surface area (Å²) in [6, 6.07) is 11.6. The molecule has 5 nitrogen and oxygen atoms in total. The molecule has 9 heteroatoms. The minimum atomic E-state index is -4.39. The monoisotopic (exact) mass is 446 g/mol. The number of fused-ring (bicyclic) bond motifs is 3. The molecule has 0 spiro atoms. The van der Waals surface area contributed by atoms with E-state index in [-0.39, 0.29) is 18.0 Å². The van der Waals surface area contributed by atoms with E-state index in [1.807, 2.05) is 22.7 Å². The number of alkyl halides is 3. The van der Waals surface area contributed by atoms with Crippen LogP contribution in [0.4, 0.5) is 13.2 Å². The number of aromatic nitrogens is 3. The highest BCUT2D eigenvalue weighted by Crippen LogP contribution is 2.30. The maximum atomic E-state index is 12.7. The lowest BCUT2D eigenvalue weighted by Crippen LogP contribution is -2.24. The Morgan fingerprint density at radius 1 is 0.968 bits per heavy atom. The predicted molar refractivity (Wildman–Crippen MR) is 114 cm³/mol. The molecule has 0 saturated heterocycles. The smallest absolute Gasteiger partial charge is 0.311 e. The lowest BCUT2D eigenvalue weighted by molar-refractivity contribution is -0.137. The number of benzene rings is 1. The average Bonchev–Trinajstić information content (AvgIpc) is 3.11. The predicted octanol–water partition coefficient (Wildman–Crippen LogP) is 4.24. The zero-order valence-electron chi connectivity index (χ0n) is 16.2. The number of halogens is 4. The van der Waals surface area contributed by atoms with Crippen LogP contribution in [0, 0.1) is 0 Å². The summed E-state index contributed by atoms with van der Waals surface area (Å²) in [4.78, 5) is 17.4. The second-order valence-corrected chi connectivity index (χ2v) is 7.24. The van der Waals surface area contributed by atoms with Crippen molar-refractivity contribution in [1.29, 1.82) is 0 Å². The topological polar surface area (TPSA) is 51.3 Å². The number of hydrogen-bond donors (Lipinski definition) is 1. The van der Waals surface area contributed by atoms with Gasteiger partial charge < -0.3 is 9.72 Å². The van der Waals surface area contributed by atoms with Gasteiger partial charge in [0.05, 0.1) is 22.6 Å². The molecule has 4 aromatic rings. The molecule has 31 heavy (non-hydrogen) atoms. The first-order chi connectivity index (χ1) is 14.4. The van der Waals surface area contributed by atoms with E-state index in [1.54, 1.807) is 12.3 Å². The van der Waals surface area contributed by atoms with Crippen LogP contribution in [0.3, 0.4) is 0 Å². The Morgan fingerprint density at radius 2 is 1.74 bits per heavy atom. The fourth-order valence-corrected chi connectivity index (χ4v) is 3.81. The highest BCUT2D eigenvalue weighted by atomic mass is 35.5. The van der Waals surface area contributed by atoms with Gasteiger partial charge in [0, 0.05) is 44.0 Å². The van der Waals surface area contributed by atoms with Crippen molar-refractivity contribution < 1.29 is 13.2 Å². The highest BCUT2D eigenvalue weighted by molar-refractivity contribution is 5.85. The molecular weight excluding hydrogens is 429 g/mol. The van der Waals surface area contributed by atoms with E-state index in [0.29, 0.717) is 16.8 Å². The number of hydrogen-bond acceptors (Lipinski definition) is 3. The van der Waals surface area contributed by atoms with Crippen LogP contribution in [0.25, 0.3) is 22.5 Å². The molecule has 0 aliphatic carbocycles. The standard InChI is InChI=1S/C22H17F3N4O.ClH/c23-22(24,25)16-3-1-14(2-4-16)15-6-9-28(21(30)11-15)17-7-10-29-19-13-26-8-5-18(19)27-20(29)12-17;/h1-4,6-7,9-12,26H,5,8,13H2;1H. The van der Waals surface area contributed by atoms with Gasteiger partial charge in [-0.3, -0.25) is 9.36 Å². The molecule has 0 atom stereocenters. The molecule has 3 aromatic heterocycles. The van der Waals surface area contributed by atoms with Gasteiger partial charge in [-0.2, -0.15) is 13.2 Å². The van der Waals surface area contributed by atoms with Crippen molar-refractivity contribution >= 4 is 18.1 Å². The van der Waals surface area contributed by atoms with Gasteiger partial charge in [0.25, 0.3) is 5.56 Å². The van der Waals surface area contributed by atoms with Gasteiger partial charge in [0.2, 0.25) is 0 Å². The summed E-state index contributed by atoms with van der Waals surface area (Å²) < 4.78 is 41.8. The summed E-state index contributed by atoms with van der Waals surface area (Å²) in [6.45, 7) is 1.66. The summed E-state index contributed by atoms with van der Waals surface area (Å²) in [5, 5.41) is 3.33. The van der Waals surface area contributed by atoms with Crippen molar-refractivity contribution in [2.24, 2.45) is 0 Å². The molecule has 4 heterocycles. The molecular formula is C22H18ClF3N4O. The first-order valence-corrected chi connectivity index (χ1v) is 9.51. The zero-order valence-corrected chi connectivity index (χ0v) is 17.0. The van der Waals surface area contributed by atoms with Gasteiger partial charge in [0.1, 0.15) is 5.65 Å². The highest BCUT2D eigenvalue weighted by Gasteiger charge is 2.30. The van der Waals surface area contributed by atoms with Crippen LogP contribution in [-0.2, 0) is 19.1 Å². The first kappa shape index (κ1) is 21.1. The molecule has 0 bridgehead atoms. The molecule has 160 valence electrons. The van der Waals surface area contributed by atoms with Crippen LogP contribution in [0.2, 0.25) is 0 Å². The quantitative estimate of drug-likeness (QED) is 0.501. The Morgan fingerprint density at radius 3 is 2.45 bits per heavy atom. The van der Waals surface area contributed by atoms with E-state index in [4.69, 9.17) is 0 Å². The van der Waals surface area contributed by atoms with Crippen LogP contribution in [0.1, 0.15) is 17.0 Å². The van der Waals surface area contributed by atoms with E-state index < -0.39 is 11.7 Å². The third-order valence-electron chi connectivity index (χ3n) is 5.37. The molecule has 0 unspecified atom stereocenters. The van der Waals surface area contributed by atoms with Crippen LogP contribution in [0.15, 0.2) is 65.7 Å². The second kappa shape index (κ2) is 7.86. The third kappa shape index (κ3) is 3.84. The fourth-order valence-electron chi connectivity index (χ4n) is 3.81. The minimum Gasteiger partial charge on any atom is -0.311 e. The third-order valence-corrected chi connectivity index (χ3v) is 5.37. The fraction of sp³-hybridized carbons (Fsp3) is 0.182. The Labute approximate surface area is 181 Å². The molecule has 0 saturated carbocycles. The minimum absolute atomic E-state index is 0. The van der Waals surface area contributed by atoms with Crippen molar-refractivity contribution in [3.63, 3.8) is 0 Å². The molecule has 1 aliphatic rings. The number of nitrogens with zero attached hydrogens (tertiary/aromatic N) is 3. The molecule has 1 aromatic carbocycles. The SMILES string of the molecule is Cl.O=c1cc(-c2ccc(C(F)(F)F)cc2)ccn1-c1ccn2c3c(nc2c1)CCNC3.